The van der Waals surface area contributed by atoms with Gasteiger partial charge in [-0.1, -0.05) is 18.2 Å². The van der Waals surface area contributed by atoms with Crippen LogP contribution in [0, 0.1) is 6.92 Å². The number of aryl methyl sites for hydroxylation is 1. The molecule has 5 rings (SSSR count). The van der Waals surface area contributed by atoms with Crippen molar-refractivity contribution >= 4 is 11.8 Å². The highest BCUT2D eigenvalue weighted by atomic mass is 16.4. The van der Waals surface area contributed by atoms with Gasteiger partial charge in [-0.25, -0.2) is 0 Å². The first kappa shape index (κ1) is 18.3. The summed E-state index contributed by atoms with van der Waals surface area (Å²) in [4.78, 5) is 27.3. The SMILES string of the molecule is Cc1ccccc1C(=O)N[C@H]1C[C@H]2C(=O)NC[C@@H](Cc3nnc(C4CC4)o3)N2C1. The predicted molar refractivity (Wildman–Crippen MR) is 104 cm³/mol. The van der Waals surface area contributed by atoms with E-state index in [4.69, 9.17) is 4.42 Å². The van der Waals surface area contributed by atoms with Gasteiger partial charge in [0.05, 0.1) is 6.04 Å². The largest absolute Gasteiger partial charge is 0.425 e. The molecule has 3 fully saturated rings. The average Bonchev–Trinajstić information content (AvgIpc) is 3.30. The Kier molecular flexibility index (Phi) is 4.58. The molecule has 0 spiro atoms. The van der Waals surface area contributed by atoms with Crippen LogP contribution in [0.15, 0.2) is 28.7 Å². The summed E-state index contributed by atoms with van der Waals surface area (Å²) in [5.74, 6) is 1.73. The Morgan fingerprint density at radius 3 is 2.93 bits per heavy atom. The molecule has 3 heterocycles. The van der Waals surface area contributed by atoms with Gasteiger partial charge < -0.3 is 15.1 Å². The number of nitrogens with zero attached hydrogens (tertiary/aromatic N) is 3. The third-order valence-electron chi connectivity index (χ3n) is 6.17. The molecule has 2 aromatic rings. The lowest BCUT2D eigenvalue weighted by Crippen LogP contribution is -2.58. The van der Waals surface area contributed by atoms with Crippen molar-refractivity contribution in [1.29, 1.82) is 0 Å². The Hall–Kier alpha value is -2.74. The number of fused-ring (bicyclic) bond motifs is 1. The van der Waals surface area contributed by atoms with Crippen molar-refractivity contribution in [3.05, 3.63) is 47.2 Å². The Labute approximate surface area is 169 Å². The van der Waals surface area contributed by atoms with Gasteiger partial charge in [0.1, 0.15) is 0 Å². The Morgan fingerprint density at radius 2 is 2.14 bits per heavy atom. The second kappa shape index (κ2) is 7.26. The highest BCUT2D eigenvalue weighted by Gasteiger charge is 2.44. The van der Waals surface area contributed by atoms with E-state index >= 15 is 0 Å². The first-order valence-corrected chi connectivity index (χ1v) is 10.3. The van der Waals surface area contributed by atoms with Gasteiger partial charge in [0, 0.05) is 43.1 Å². The lowest BCUT2D eigenvalue weighted by Gasteiger charge is -2.36. The minimum absolute atomic E-state index is 0.0260. The molecule has 2 aliphatic heterocycles. The summed E-state index contributed by atoms with van der Waals surface area (Å²) in [6.45, 7) is 3.12. The quantitative estimate of drug-likeness (QED) is 0.788. The van der Waals surface area contributed by atoms with Crippen LogP contribution >= 0.6 is 0 Å². The van der Waals surface area contributed by atoms with Crippen molar-refractivity contribution in [3.8, 4) is 0 Å². The second-order valence-electron chi connectivity index (χ2n) is 8.35. The summed E-state index contributed by atoms with van der Waals surface area (Å²) in [5.41, 5.74) is 1.62. The Balaban J connectivity index is 1.26. The molecule has 0 unspecified atom stereocenters. The molecule has 2 amide bonds. The van der Waals surface area contributed by atoms with Crippen LogP contribution in [0.2, 0.25) is 0 Å². The zero-order valence-electron chi connectivity index (χ0n) is 16.4. The zero-order valence-corrected chi connectivity index (χ0v) is 16.4. The highest BCUT2D eigenvalue weighted by molar-refractivity contribution is 5.96. The maximum Gasteiger partial charge on any atom is 0.251 e. The van der Waals surface area contributed by atoms with Gasteiger partial charge >= 0.3 is 0 Å². The normalized spacial score (nSPS) is 26.8. The van der Waals surface area contributed by atoms with E-state index in [1.165, 1.54) is 0 Å². The van der Waals surface area contributed by atoms with Crippen LogP contribution in [0.5, 0.6) is 0 Å². The minimum Gasteiger partial charge on any atom is -0.425 e. The number of amides is 2. The molecular formula is C21H25N5O3. The maximum absolute atomic E-state index is 12.7. The molecule has 8 heteroatoms. The van der Waals surface area contributed by atoms with Gasteiger partial charge in [0.15, 0.2) is 0 Å². The highest BCUT2D eigenvalue weighted by Crippen LogP contribution is 2.39. The van der Waals surface area contributed by atoms with E-state index in [1.54, 1.807) is 0 Å². The summed E-state index contributed by atoms with van der Waals surface area (Å²) in [6, 6.07) is 7.33. The van der Waals surface area contributed by atoms with E-state index in [-0.39, 0.29) is 29.9 Å². The van der Waals surface area contributed by atoms with Crippen molar-refractivity contribution in [3.63, 3.8) is 0 Å². The average molecular weight is 395 g/mol. The van der Waals surface area contributed by atoms with Gasteiger partial charge in [0.25, 0.3) is 5.91 Å². The van der Waals surface area contributed by atoms with E-state index in [9.17, 15) is 9.59 Å². The molecule has 29 heavy (non-hydrogen) atoms. The van der Waals surface area contributed by atoms with E-state index in [1.807, 2.05) is 31.2 Å². The van der Waals surface area contributed by atoms with Crippen molar-refractivity contribution < 1.29 is 14.0 Å². The van der Waals surface area contributed by atoms with Crippen LogP contribution in [-0.4, -0.2) is 58.1 Å². The first-order valence-electron chi connectivity index (χ1n) is 10.3. The molecule has 2 saturated heterocycles. The number of rotatable bonds is 5. The van der Waals surface area contributed by atoms with Gasteiger partial charge in [0.2, 0.25) is 17.7 Å². The lowest BCUT2D eigenvalue weighted by molar-refractivity contribution is -0.129. The van der Waals surface area contributed by atoms with E-state index in [0.717, 1.165) is 24.3 Å². The number of nitrogens with one attached hydrogen (secondary N) is 2. The number of hydrogen-bond donors (Lipinski definition) is 2. The van der Waals surface area contributed by atoms with E-state index in [0.29, 0.717) is 43.3 Å². The number of carbonyl (C=O) groups excluding carboxylic acids is 2. The Bertz CT molecular complexity index is 938. The second-order valence-corrected chi connectivity index (χ2v) is 8.35. The molecule has 3 atom stereocenters. The van der Waals surface area contributed by atoms with Crippen LogP contribution in [0.1, 0.15) is 52.9 Å². The van der Waals surface area contributed by atoms with E-state index < -0.39 is 0 Å². The summed E-state index contributed by atoms with van der Waals surface area (Å²) < 4.78 is 5.82. The van der Waals surface area contributed by atoms with Crippen LogP contribution in [-0.2, 0) is 11.2 Å². The number of aromatic nitrogens is 2. The molecule has 1 saturated carbocycles. The van der Waals surface area contributed by atoms with Gasteiger partial charge in [-0.2, -0.15) is 0 Å². The fourth-order valence-electron chi connectivity index (χ4n) is 4.41. The predicted octanol–water partition coefficient (Wildman–Crippen LogP) is 1.17. The molecule has 1 aromatic heterocycles. The lowest BCUT2D eigenvalue weighted by atomic mass is 10.0. The summed E-state index contributed by atoms with van der Waals surface area (Å²) in [5, 5.41) is 14.5. The number of benzene rings is 1. The van der Waals surface area contributed by atoms with E-state index in [2.05, 4.69) is 25.7 Å². The topological polar surface area (TPSA) is 100 Å². The molecule has 152 valence electrons. The minimum atomic E-state index is -0.234. The molecule has 2 N–H and O–H groups in total. The van der Waals surface area contributed by atoms with Crippen molar-refractivity contribution in [1.82, 2.24) is 25.7 Å². The molecule has 0 bridgehead atoms. The molecule has 8 nitrogen and oxygen atoms in total. The third kappa shape index (κ3) is 3.64. The standard InChI is InChI=1S/C21H25N5O3/c1-12-4-2-3-5-16(12)19(27)23-14-8-17-20(28)22-10-15(26(17)11-14)9-18-24-25-21(29-18)13-6-7-13/h2-5,13-15,17H,6-11H2,1H3,(H,22,28)(H,23,27)/t14-,15+,17-/m0/s1. The van der Waals surface area contributed by atoms with Crippen LogP contribution in [0.3, 0.4) is 0 Å². The molecule has 0 radical (unpaired) electrons. The molecule has 1 aliphatic carbocycles. The fourth-order valence-corrected chi connectivity index (χ4v) is 4.41. The van der Waals surface area contributed by atoms with Crippen molar-refractivity contribution in [2.45, 2.75) is 56.7 Å². The maximum atomic E-state index is 12.7. The molecular weight excluding hydrogens is 370 g/mol. The summed E-state index contributed by atoms with van der Waals surface area (Å²) >= 11 is 0. The Morgan fingerprint density at radius 1 is 1.31 bits per heavy atom. The summed E-state index contributed by atoms with van der Waals surface area (Å²) in [6.07, 6.45) is 3.46. The zero-order chi connectivity index (χ0) is 20.0. The number of carbonyl (C=O) groups is 2. The van der Waals surface area contributed by atoms with Crippen LogP contribution < -0.4 is 10.6 Å². The fraction of sp³-hybridized carbons (Fsp3) is 0.524. The number of piperazine rings is 1. The smallest absolute Gasteiger partial charge is 0.251 e. The number of hydrogen-bond acceptors (Lipinski definition) is 6. The third-order valence-corrected chi connectivity index (χ3v) is 6.17. The van der Waals surface area contributed by atoms with Gasteiger partial charge in [-0.15, -0.1) is 10.2 Å². The van der Waals surface area contributed by atoms with Gasteiger partial charge in [-0.05, 0) is 37.8 Å². The molecule has 1 aromatic carbocycles. The van der Waals surface area contributed by atoms with Crippen LogP contribution in [0.25, 0.3) is 0 Å². The monoisotopic (exact) mass is 395 g/mol. The first-order chi connectivity index (χ1) is 14.1. The molecule has 3 aliphatic rings. The van der Waals surface area contributed by atoms with Gasteiger partial charge in [-0.3, -0.25) is 14.5 Å². The van der Waals surface area contributed by atoms with Crippen molar-refractivity contribution in [2.24, 2.45) is 0 Å². The van der Waals surface area contributed by atoms with Crippen molar-refractivity contribution in [2.75, 3.05) is 13.1 Å². The van der Waals surface area contributed by atoms with Crippen LogP contribution in [0.4, 0.5) is 0 Å². The summed E-state index contributed by atoms with van der Waals surface area (Å²) in [7, 11) is 0.